The molecule has 0 spiro atoms. The van der Waals surface area contributed by atoms with Crippen molar-refractivity contribution >= 4 is 34.1 Å². The van der Waals surface area contributed by atoms with Gasteiger partial charge in [0.15, 0.2) is 5.13 Å². The highest BCUT2D eigenvalue weighted by molar-refractivity contribution is 7.18. The summed E-state index contributed by atoms with van der Waals surface area (Å²) in [5.74, 6) is 0.808. The number of thiazole rings is 1. The zero-order valence-electron chi connectivity index (χ0n) is 18.9. The predicted molar refractivity (Wildman–Crippen MR) is 130 cm³/mol. The van der Waals surface area contributed by atoms with Gasteiger partial charge in [-0.25, -0.2) is 15.0 Å². The molecular formula is C24H29N5O3S. The number of aliphatic hydroxyl groups is 1. The Morgan fingerprint density at radius 3 is 2.73 bits per heavy atom. The lowest BCUT2D eigenvalue weighted by Gasteiger charge is -2.38. The Bertz CT molecular complexity index is 1110. The Hall–Kier alpha value is -3.04. The first-order valence-corrected chi connectivity index (χ1v) is 11.9. The van der Waals surface area contributed by atoms with Crippen LogP contribution in [0.2, 0.25) is 0 Å². The summed E-state index contributed by atoms with van der Waals surface area (Å²) in [4.78, 5) is 28.5. The van der Waals surface area contributed by atoms with Gasteiger partial charge in [0.25, 0.3) is 0 Å². The fourth-order valence-corrected chi connectivity index (χ4v) is 5.03. The molecule has 4 rings (SSSR count). The molecule has 3 aromatic heterocycles. The van der Waals surface area contributed by atoms with E-state index in [1.54, 1.807) is 17.5 Å². The number of nitrogens with zero attached hydrogens (tertiary/aromatic N) is 4. The second-order valence-electron chi connectivity index (χ2n) is 8.85. The van der Waals surface area contributed by atoms with E-state index in [0.29, 0.717) is 18.1 Å². The van der Waals surface area contributed by atoms with Crippen molar-refractivity contribution in [3.8, 4) is 10.6 Å². The zero-order chi connectivity index (χ0) is 23.4. The average Bonchev–Trinajstić information content (AvgIpc) is 3.30. The van der Waals surface area contributed by atoms with Crippen LogP contribution in [-0.2, 0) is 11.2 Å². The molecule has 1 aliphatic heterocycles. The van der Waals surface area contributed by atoms with Gasteiger partial charge in [0, 0.05) is 32.1 Å². The molecule has 0 aromatic carbocycles. The standard InChI is InChI=1S/C24H29N5O3S/c1-24(2,22(31)32)17-7-11-29(12-8-17)23-26-15-19(33-23)18-4-3-5-20(27-18)28-21-14-16(9-13-30)6-10-25-21/h3-6,10,14-15,17,30H,7-9,11-13H2,1-2H3,(H,31,32)(H,25,27,28). The van der Waals surface area contributed by atoms with Gasteiger partial charge in [-0.05, 0) is 68.9 Å². The normalized spacial score (nSPS) is 14.9. The third-order valence-corrected chi connectivity index (χ3v) is 7.39. The largest absolute Gasteiger partial charge is 0.481 e. The Labute approximate surface area is 197 Å². The fraction of sp³-hybridized carbons (Fsp3) is 0.417. The summed E-state index contributed by atoms with van der Waals surface area (Å²) in [6.45, 7) is 5.35. The first-order valence-electron chi connectivity index (χ1n) is 11.1. The molecule has 0 aliphatic carbocycles. The number of nitrogens with one attached hydrogen (secondary N) is 1. The highest BCUT2D eigenvalue weighted by atomic mass is 32.1. The Balaban J connectivity index is 1.43. The van der Waals surface area contributed by atoms with E-state index in [0.717, 1.165) is 47.2 Å². The number of carbonyl (C=O) groups is 1. The van der Waals surface area contributed by atoms with Gasteiger partial charge >= 0.3 is 5.97 Å². The van der Waals surface area contributed by atoms with Crippen LogP contribution >= 0.6 is 11.3 Å². The van der Waals surface area contributed by atoms with E-state index in [1.165, 1.54) is 0 Å². The van der Waals surface area contributed by atoms with E-state index >= 15 is 0 Å². The van der Waals surface area contributed by atoms with E-state index in [9.17, 15) is 9.90 Å². The van der Waals surface area contributed by atoms with Gasteiger partial charge < -0.3 is 20.4 Å². The van der Waals surface area contributed by atoms with Crippen molar-refractivity contribution in [1.82, 2.24) is 15.0 Å². The van der Waals surface area contributed by atoms with Crippen molar-refractivity contribution in [2.24, 2.45) is 11.3 Å². The van der Waals surface area contributed by atoms with E-state index in [1.807, 2.05) is 50.4 Å². The lowest BCUT2D eigenvalue weighted by Crippen LogP contribution is -2.42. The van der Waals surface area contributed by atoms with Crippen LogP contribution in [-0.4, -0.2) is 50.8 Å². The van der Waals surface area contributed by atoms with Gasteiger partial charge in [-0.15, -0.1) is 0 Å². The molecule has 1 saturated heterocycles. The van der Waals surface area contributed by atoms with Crippen LogP contribution in [0.5, 0.6) is 0 Å². The van der Waals surface area contributed by atoms with Crippen LogP contribution in [0.25, 0.3) is 10.6 Å². The summed E-state index contributed by atoms with van der Waals surface area (Å²) >= 11 is 1.60. The number of carboxylic acid groups (broad SMARTS) is 1. The van der Waals surface area contributed by atoms with Crippen LogP contribution in [0.1, 0.15) is 32.3 Å². The maximum absolute atomic E-state index is 11.6. The molecule has 0 saturated carbocycles. The fourth-order valence-electron chi connectivity index (χ4n) is 4.10. The summed E-state index contributed by atoms with van der Waals surface area (Å²) in [5.41, 5.74) is 1.13. The minimum atomic E-state index is -0.729. The number of rotatable bonds is 8. The van der Waals surface area contributed by atoms with Crippen molar-refractivity contribution in [3.05, 3.63) is 48.3 Å². The maximum atomic E-state index is 11.6. The number of aliphatic carboxylic acids is 1. The highest BCUT2D eigenvalue weighted by Crippen LogP contribution is 2.38. The summed E-state index contributed by atoms with van der Waals surface area (Å²) in [5, 5.41) is 22.8. The van der Waals surface area contributed by atoms with Crippen LogP contribution in [0.15, 0.2) is 42.7 Å². The van der Waals surface area contributed by atoms with Crippen molar-refractivity contribution in [3.63, 3.8) is 0 Å². The van der Waals surface area contributed by atoms with Crippen molar-refractivity contribution in [2.75, 3.05) is 29.9 Å². The Morgan fingerprint density at radius 1 is 1.21 bits per heavy atom. The molecule has 33 heavy (non-hydrogen) atoms. The summed E-state index contributed by atoms with van der Waals surface area (Å²) in [7, 11) is 0. The number of aliphatic hydroxyl groups excluding tert-OH is 1. The number of anilines is 3. The van der Waals surface area contributed by atoms with Crippen LogP contribution in [0, 0.1) is 11.3 Å². The SMILES string of the molecule is CC(C)(C(=O)O)C1CCN(c2ncc(-c3cccc(Nc4cc(CCO)ccn4)n3)s2)CC1. The first kappa shape index (κ1) is 23.1. The molecule has 0 radical (unpaired) electrons. The smallest absolute Gasteiger partial charge is 0.309 e. The lowest BCUT2D eigenvalue weighted by atomic mass is 9.74. The summed E-state index contributed by atoms with van der Waals surface area (Å²) in [6.07, 6.45) is 5.83. The summed E-state index contributed by atoms with van der Waals surface area (Å²) < 4.78 is 0. The number of carboxylic acids is 1. The molecule has 1 fully saturated rings. The second-order valence-corrected chi connectivity index (χ2v) is 9.86. The third kappa shape index (κ3) is 5.31. The van der Waals surface area contributed by atoms with E-state index in [-0.39, 0.29) is 12.5 Å². The predicted octanol–water partition coefficient (Wildman–Crippen LogP) is 4.21. The van der Waals surface area contributed by atoms with Gasteiger partial charge in [-0.2, -0.15) is 0 Å². The molecule has 9 heteroatoms. The van der Waals surface area contributed by atoms with Crippen molar-refractivity contribution < 1.29 is 15.0 Å². The minimum absolute atomic E-state index is 0.0971. The van der Waals surface area contributed by atoms with E-state index in [4.69, 9.17) is 10.1 Å². The van der Waals surface area contributed by atoms with Gasteiger partial charge in [0.05, 0.1) is 16.0 Å². The molecule has 8 nitrogen and oxygen atoms in total. The molecule has 0 amide bonds. The Kier molecular flexibility index (Phi) is 6.90. The highest BCUT2D eigenvalue weighted by Gasteiger charge is 2.38. The molecule has 0 atom stereocenters. The van der Waals surface area contributed by atoms with Gasteiger partial charge in [-0.1, -0.05) is 17.4 Å². The Morgan fingerprint density at radius 2 is 2.00 bits per heavy atom. The monoisotopic (exact) mass is 467 g/mol. The molecule has 1 aliphatic rings. The number of aromatic nitrogens is 3. The first-order chi connectivity index (χ1) is 15.9. The number of pyridine rings is 2. The minimum Gasteiger partial charge on any atom is -0.481 e. The number of hydrogen-bond donors (Lipinski definition) is 3. The van der Waals surface area contributed by atoms with Crippen molar-refractivity contribution in [2.45, 2.75) is 33.1 Å². The second kappa shape index (κ2) is 9.84. The maximum Gasteiger partial charge on any atom is 0.309 e. The molecule has 0 bridgehead atoms. The number of piperidine rings is 1. The van der Waals surface area contributed by atoms with E-state index in [2.05, 4.69) is 20.2 Å². The average molecular weight is 468 g/mol. The number of hydrogen-bond acceptors (Lipinski definition) is 8. The molecule has 0 unspecified atom stereocenters. The van der Waals surface area contributed by atoms with Crippen molar-refractivity contribution in [1.29, 1.82) is 0 Å². The molecule has 3 aromatic rings. The quantitative estimate of drug-likeness (QED) is 0.452. The van der Waals surface area contributed by atoms with Gasteiger partial charge in [0.2, 0.25) is 0 Å². The van der Waals surface area contributed by atoms with E-state index < -0.39 is 11.4 Å². The van der Waals surface area contributed by atoms with Crippen LogP contribution in [0.3, 0.4) is 0 Å². The molecular weight excluding hydrogens is 438 g/mol. The van der Waals surface area contributed by atoms with Gasteiger partial charge in [-0.3, -0.25) is 4.79 Å². The molecule has 174 valence electrons. The molecule has 4 heterocycles. The zero-order valence-corrected chi connectivity index (χ0v) is 19.7. The topological polar surface area (TPSA) is 111 Å². The van der Waals surface area contributed by atoms with Crippen LogP contribution < -0.4 is 10.2 Å². The summed E-state index contributed by atoms with van der Waals surface area (Å²) in [6, 6.07) is 9.59. The van der Waals surface area contributed by atoms with Crippen LogP contribution in [0.4, 0.5) is 16.8 Å². The van der Waals surface area contributed by atoms with Gasteiger partial charge in [0.1, 0.15) is 11.6 Å². The molecule has 3 N–H and O–H groups in total. The lowest BCUT2D eigenvalue weighted by molar-refractivity contribution is -0.150. The third-order valence-electron chi connectivity index (χ3n) is 6.31.